The van der Waals surface area contributed by atoms with Gasteiger partial charge in [-0.15, -0.1) is 0 Å². The summed E-state index contributed by atoms with van der Waals surface area (Å²) >= 11 is 0. The molecule has 0 spiro atoms. The summed E-state index contributed by atoms with van der Waals surface area (Å²) in [6, 6.07) is 5.81. The Morgan fingerprint density at radius 3 is 2.95 bits per heavy atom. The minimum absolute atomic E-state index is 0.183. The molecule has 0 bridgehead atoms. The van der Waals surface area contributed by atoms with Crippen LogP contribution in [0.5, 0.6) is 0 Å². The van der Waals surface area contributed by atoms with Crippen molar-refractivity contribution in [2.45, 2.75) is 18.8 Å². The predicted molar refractivity (Wildman–Crippen MR) is 75.3 cm³/mol. The van der Waals surface area contributed by atoms with Gasteiger partial charge in [0.05, 0.1) is 18.0 Å². The molecule has 1 aromatic heterocycles. The number of benzene rings is 1. The Balaban J connectivity index is 2.06. The van der Waals surface area contributed by atoms with Gasteiger partial charge in [0.25, 0.3) is 5.56 Å². The van der Waals surface area contributed by atoms with E-state index in [-0.39, 0.29) is 5.56 Å². The molecule has 102 valence electrons. The van der Waals surface area contributed by atoms with E-state index in [0.29, 0.717) is 16.8 Å². The number of rotatable bonds is 3. The van der Waals surface area contributed by atoms with Gasteiger partial charge in [0.1, 0.15) is 6.33 Å². The number of carbonyl (C=O) groups excluding carboxylic acids is 1. The number of hydrogen-bond acceptors (Lipinski definition) is 4. The van der Waals surface area contributed by atoms with Gasteiger partial charge in [-0.2, -0.15) is 0 Å². The van der Waals surface area contributed by atoms with Crippen molar-refractivity contribution in [2.75, 3.05) is 7.11 Å². The summed E-state index contributed by atoms with van der Waals surface area (Å²) in [6.07, 6.45) is 6.33. The number of aromatic nitrogens is 2. The summed E-state index contributed by atoms with van der Waals surface area (Å²) in [5.74, 6) is 0.0711. The number of fused-ring (bicyclic) bond motifs is 1. The third-order valence-corrected chi connectivity index (χ3v) is 3.43. The van der Waals surface area contributed by atoms with Crippen molar-refractivity contribution in [1.82, 2.24) is 9.55 Å². The third-order valence-electron chi connectivity index (χ3n) is 3.43. The maximum Gasteiger partial charge on any atom is 0.331 e. The van der Waals surface area contributed by atoms with Gasteiger partial charge in [-0.05, 0) is 36.5 Å². The summed E-state index contributed by atoms with van der Waals surface area (Å²) < 4.78 is 5.78. The average molecular weight is 270 g/mol. The first kappa shape index (κ1) is 12.6. The molecule has 0 radical (unpaired) electrons. The van der Waals surface area contributed by atoms with Crippen LogP contribution >= 0.6 is 0 Å². The molecule has 0 saturated heterocycles. The lowest BCUT2D eigenvalue weighted by Crippen LogP contribution is -2.16. The molecule has 0 N–H and O–H groups in total. The van der Waals surface area contributed by atoms with Gasteiger partial charge in [0, 0.05) is 12.3 Å². The topological polar surface area (TPSA) is 61.2 Å². The van der Waals surface area contributed by atoms with E-state index in [2.05, 4.69) is 9.72 Å². The second-order valence-electron chi connectivity index (χ2n) is 4.85. The second-order valence-corrected chi connectivity index (χ2v) is 4.85. The largest absolute Gasteiger partial charge is 0.466 e. The summed E-state index contributed by atoms with van der Waals surface area (Å²) in [5, 5.41) is 0.575. The van der Waals surface area contributed by atoms with E-state index in [1.807, 2.05) is 18.2 Å². The second kappa shape index (κ2) is 4.92. The fourth-order valence-electron chi connectivity index (χ4n) is 2.14. The lowest BCUT2D eigenvalue weighted by Gasteiger charge is -2.03. The lowest BCUT2D eigenvalue weighted by atomic mass is 10.1. The molecule has 5 heteroatoms. The third kappa shape index (κ3) is 2.34. The highest BCUT2D eigenvalue weighted by atomic mass is 16.5. The molecule has 0 atom stereocenters. The Hall–Kier alpha value is -2.43. The molecule has 0 amide bonds. The van der Waals surface area contributed by atoms with E-state index in [0.717, 1.165) is 0 Å². The van der Waals surface area contributed by atoms with Gasteiger partial charge < -0.3 is 4.74 Å². The minimum Gasteiger partial charge on any atom is -0.466 e. The molecular formula is C15H14N2O3. The number of ether oxygens (including phenoxy) is 1. The summed E-state index contributed by atoms with van der Waals surface area (Å²) in [7, 11) is 1.29. The molecule has 2 aromatic rings. The van der Waals surface area contributed by atoms with E-state index >= 15 is 0 Å². The van der Waals surface area contributed by atoms with Crippen LogP contribution in [0.3, 0.4) is 0 Å². The van der Waals surface area contributed by atoms with Crippen molar-refractivity contribution in [3.05, 3.63) is 46.5 Å². The molecule has 1 saturated carbocycles. The molecule has 1 fully saturated rings. The first-order chi connectivity index (χ1) is 9.69. The van der Waals surface area contributed by atoms with Crippen LogP contribution in [0.2, 0.25) is 0 Å². The Bertz CT molecular complexity index is 757. The quantitative estimate of drug-likeness (QED) is 0.631. The molecule has 5 nitrogen and oxygen atoms in total. The van der Waals surface area contributed by atoms with Crippen molar-refractivity contribution < 1.29 is 9.53 Å². The Kier molecular flexibility index (Phi) is 3.10. The number of esters is 1. The van der Waals surface area contributed by atoms with Crippen LogP contribution in [0.25, 0.3) is 17.1 Å². The van der Waals surface area contributed by atoms with Crippen LogP contribution in [-0.4, -0.2) is 22.6 Å². The fourth-order valence-corrected chi connectivity index (χ4v) is 2.14. The molecule has 1 aliphatic carbocycles. The van der Waals surface area contributed by atoms with Gasteiger partial charge in [0.15, 0.2) is 0 Å². The van der Waals surface area contributed by atoms with Crippen molar-refractivity contribution in [3.8, 4) is 0 Å². The highest BCUT2D eigenvalue weighted by Gasteiger charge is 2.23. The van der Waals surface area contributed by atoms with Gasteiger partial charge in [-0.3, -0.25) is 9.36 Å². The first-order valence-electron chi connectivity index (χ1n) is 6.46. The number of nitrogens with zero attached hydrogens (tertiary/aromatic N) is 2. The van der Waals surface area contributed by atoms with Crippen molar-refractivity contribution in [3.63, 3.8) is 0 Å². The normalized spacial score (nSPS) is 14.8. The van der Waals surface area contributed by atoms with Gasteiger partial charge in [-0.25, -0.2) is 9.78 Å². The lowest BCUT2D eigenvalue weighted by molar-refractivity contribution is -0.134. The predicted octanol–water partition coefficient (Wildman–Crippen LogP) is 1.92. The molecule has 0 unspecified atom stereocenters. The van der Waals surface area contributed by atoms with E-state index in [9.17, 15) is 9.59 Å². The summed E-state index contributed by atoms with van der Waals surface area (Å²) in [5.41, 5.74) is 1.67. The Morgan fingerprint density at radius 2 is 2.25 bits per heavy atom. The van der Waals surface area contributed by atoms with E-state index in [4.69, 9.17) is 0 Å². The molecule has 0 aliphatic heterocycles. The smallest absolute Gasteiger partial charge is 0.331 e. The maximum absolute atomic E-state index is 12.3. The summed E-state index contributed by atoms with van der Waals surface area (Å²) in [4.78, 5) is 27.6. The van der Waals surface area contributed by atoms with E-state index < -0.39 is 5.97 Å². The number of carbonyl (C=O) groups is 1. The van der Waals surface area contributed by atoms with Gasteiger partial charge >= 0.3 is 5.97 Å². The molecule has 1 aromatic carbocycles. The molecule has 20 heavy (non-hydrogen) atoms. The van der Waals surface area contributed by atoms with Crippen molar-refractivity contribution in [2.24, 2.45) is 0 Å². The van der Waals surface area contributed by atoms with Gasteiger partial charge in [-0.1, -0.05) is 6.07 Å². The van der Waals surface area contributed by atoms with Crippen molar-refractivity contribution >= 4 is 23.1 Å². The highest BCUT2D eigenvalue weighted by Crippen LogP contribution is 2.40. The van der Waals surface area contributed by atoms with E-state index in [1.54, 1.807) is 0 Å². The highest BCUT2D eigenvalue weighted by molar-refractivity contribution is 5.85. The molecule has 3 rings (SSSR count). The standard InChI is InChI=1S/C15H14N2O3/c1-20-14(18)6-7-17-9-16-13-5-4-11(10-2-3-10)8-12(13)15(17)19/h4-10H,2-3H2,1H3. The van der Waals surface area contributed by atoms with Crippen LogP contribution in [-0.2, 0) is 9.53 Å². The van der Waals surface area contributed by atoms with Crippen LogP contribution in [0.1, 0.15) is 24.3 Å². The monoisotopic (exact) mass is 270 g/mol. The zero-order valence-corrected chi connectivity index (χ0v) is 11.1. The average Bonchev–Trinajstić information content (AvgIpc) is 3.30. The number of hydrogen-bond donors (Lipinski definition) is 0. The maximum atomic E-state index is 12.3. The Labute approximate surface area is 115 Å². The summed E-state index contributed by atoms with van der Waals surface area (Å²) in [6.45, 7) is 0. The molecule has 1 aliphatic rings. The van der Waals surface area contributed by atoms with Crippen LogP contribution in [0.15, 0.2) is 35.4 Å². The van der Waals surface area contributed by atoms with Crippen LogP contribution < -0.4 is 5.56 Å². The zero-order chi connectivity index (χ0) is 14.1. The molecular weight excluding hydrogens is 256 g/mol. The Morgan fingerprint density at radius 1 is 1.45 bits per heavy atom. The van der Waals surface area contributed by atoms with Gasteiger partial charge in [0.2, 0.25) is 0 Å². The van der Waals surface area contributed by atoms with Crippen LogP contribution in [0, 0.1) is 0 Å². The zero-order valence-electron chi connectivity index (χ0n) is 11.1. The molecule has 1 heterocycles. The van der Waals surface area contributed by atoms with E-state index in [1.165, 1.54) is 48.7 Å². The van der Waals surface area contributed by atoms with Crippen molar-refractivity contribution in [1.29, 1.82) is 0 Å². The SMILES string of the molecule is COC(=O)C=Cn1cnc2ccc(C3CC3)cc2c1=O. The minimum atomic E-state index is -0.510. The van der Waals surface area contributed by atoms with Crippen LogP contribution in [0.4, 0.5) is 0 Å². The number of methoxy groups -OCH3 is 1. The fraction of sp³-hybridized carbons (Fsp3) is 0.267. The first-order valence-corrected chi connectivity index (χ1v) is 6.46.